The molecule has 0 spiro atoms. The highest BCUT2D eigenvalue weighted by molar-refractivity contribution is 6.51. The first-order chi connectivity index (χ1) is 16.3. The summed E-state index contributed by atoms with van der Waals surface area (Å²) in [4.78, 5) is 27.6. The molecule has 0 unspecified atom stereocenters. The zero-order valence-corrected chi connectivity index (χ0v) is 19.7. The van der Waals surface area contributed by atoms with E-state index in [1.54, 1.807) is 37.3 Å². The number of rotatable bonds is 7. The number of ether oxygens (including phenoxy) is 1. The summed E-state index contributed by atoms with van der Waals surface area (Å²) in [6.07, 6.45) is 0.877. The number of carbonyl (C=O) groups excluding carboxylic acids is 2. The third kappa shape index (κ3) is 4.33. The van der Waals surface area contributed by atoms with E-state index in [0.717, 1.165) is 12.0 Å². The Morgan fingerprint density at radius 3 is 2.35 bits per heavy atom. The van der Waals surface area contributed by atoms with Crippen molar-refractivity contribution in [3.63, 3.8) is 0 Å². The zero-order chi connectivity index (χ0) is 24.4. The second kappa shape index (κ2) is 9.55. The van der Waals surface area contributed by atoms with Crippen molar-refractivity contribution in [1.82, 2.24) is 5.16 Å². The molecule has 4 rings (SSSR count). The van der Waals surface area contributed by atoms with E-state index >= 15 is 0 Å². The average Bonchev–Trinajstić information content (AvgIpc) is 3.38. The molecule has 1 amide bonds. The topological polar surface area (TPSA) is 92.9 Å². The maximum Gasteiger partial charge on any atom is 0.301 e. The number of nitrogens with zero attached hydrogens (tertiary/aromatic N) is 2. The van der Waals surface area contributed by atoms with Crippen LogP contribution in [0.5, 0.6) is 5.75 Å². The van der Waals surface area contributed by atoms with Crippen LogP contribution in [0.3, 0.4) is 0 Å². The molecular weight excluding hydrogens is 432 g/mol. The van der Waals surface area contributed by atoms with Gasteiger partial charge in [-0.1, -0.05) is 50.2 Å². The summed E-state index contributed by atoms with van der Waals surface area (Å²) in [5, 5.41) is 15.2. The molecular formula is C27H28N2O5. The monoisotopic (exact) mass is 460 g/mol. The predicted octanol–water partition coefficient (Wildman–Crippen LogP) is 5.52. The van der Waals surface area contributed by atoms with Crippen LogP contribution in [0.25, 0.3) is 5.76 Å². The van der Waals surface area contributed by atoms with Gasteiger partial charge in [-0.3, -0.25) is 14.5 Å². The molecule has 7 heteroatoms. The Bertz CT molecular complexity index is 1220. The maximum absolute atomic E-state index is 13.2. The van der Waals surface area contributed by atoms with Crippen LogP contribution >= 0.6 is 0 Å². The Morgan fingerprint density at radius 2 is 1.79 bits per heavy atom. The van der Waals surface area contributed by atoms with Crippen molar-refractivity contribution in [1.29, 1.82) is 0 Å². The zero-order valence-electron chi connectivity index (χ0n) is 19.7. The molecule has 3 aromatic rings. The summed E-state index contributed by atoms with van der Waals surface area (Å²) >= 11 is 0. The number of anilines is 1. The molecule has 1 atom stereocenters. The SMILES string of the molecule is CCCOc1ccc(/C(O)=C2\C(=O)C(=O)N(c3cc(C)on3)[C@H]2c2ccc(C(C)C)cc2)cc1. The number of aliphatic hydroxyl groups is 1. The van der Waals surface area contributed by atoms with Crippen LogP contribution in [-0.2, 0) is 9.59 Å². The molecule has 2 aromatic carbocycles. The number of aromatic nitrogens is 1. The molecule has 1 aliphatic rings. The van der Waals surface area contributed by atoms with Gasteiger partial charge in [0.1, 0.15) is 17.3 Å². The van der Waals surface area contributed by atoms with Gasteiger partial charge >= 0.3 is 5.91 Å². The van der Waals surface area contributed by atoms with Gasteiger partial charge in [0.15, 0.2) is 5.82 Å². The van der Waals surface area contributed by atoms with Crippen molar-refractivity contribution in [2.75, 3.05) is 11.5 Å². The van der Waals surface area contributed by atoms with Gasteiger partial charge < -0.3 is 14.4 Å². The Balaban J connectivity index is 1.83. The van der Waals surface area contributed by atoms with E-state index in [-0.39, 0.29) is 17.2 Å². The molecule has 1 N–H and O–H groups in total. The third-order valence-electron chi connectivity index (χ3n) is 5.83. The molecule has 34 heavy (non-hydrogen) atoms. The molecule has 1 fully saturated rings. The molecule has 1 aliphatic heterocycles. The van der Waals surface area contributed by atoms with E-state index in [4.69, 9.17) is 9.26 Å². The summed E-state index contributed by atoms with van der Waals surface area (Å²) in [5.74, 6) is -0.0720. The molecule has 0 aliphatic carbocycles. The largest absolute Gasteiger partial charge is 0.507 e. The van der Waals surface area contributed by atoms with Gasteiger partial charge in [0, 0.05) is 11.6 Å². The first-order valence-corrected chi connectivity index (χ1v) is 11.4. The van der Waals surface area contributed by atoms with Crippen LogP contribution in [-0.4, -0.2) is 28.6 Å². The van der Waals surface area contributed by atoms with E-state index in [1.807, 2.05) is 31.2 Å². The summed E-state index contributed by atoms with van der Waals surface area (Å²) in [6, 6.07) is 15.2. The van der Waals surface area contributed by atoms with E-state index in [1.165, 1.54) is 4.90 Å². The van der Waals surface area contributed by atoms with Gasteiger partial charge in [-0.2, -0.15) is 0 Å². The fourth-order valence-electron chi connectivity index (χ4n) is 4.00. The second-order valence-electron chi connectivity index (χ2n) is 8.66. The Kier molecular flexibility index (Phi) is 6.54. The molecule has 176 valence electrons. The molecule has 1 aromatic heterocycles. The first kappa shape index (κ1) is 23.3. The normalized spacial score (nSPS) is 17.6. The molecule has 2 heterocycles. The maximum atomic E-state index is 13.2. The molecule has 7 nitrogen and oxygen atoms in total. The van der Waals surface area contributed by atoms with E-state index in [9.17, 15) is 14.7 Å². The Labute approximate surface area is 198 Å². The van der Waals surface area contributed by atoms with Gasteiger partial charge in [-0.05, 0) is 54.7 Å². The van der Waals surface area contributed by atoms with Crippen LogP contribution in [0.15, 0.2) is 64.7 Å². The lowest BCUT2D eigenvalue weighted by Gasteiger charge is -2.23. The lowest BCUT2D eigenvalue weighted by Crippen LogP contribution is -2.29. The fourth-order valence-corrected chi connectivity index (χ4v) is 4.00. The number of benzene rings is 2. The van der Waals surface area contributed by atoms with Crippen molar-refractivity contribution >= 4 is 23.3 Å². The number of aryl methyl sites for hydroxylation is 1. The standard InChI is InChI=1S/C27H28N2O5/c1-5-14-33-21-12-10-20(11-13-21)25(30)23-24(19-8-6-18(7-9-19)16(2)3)29(27(32)26(23)31)22-15-17(4)34-28-22/h6-13,15-16,24,30H,5,14H2,1-4H3/b25-23+/t24-/m0/s1. The van der Waals surface area contributed by atoms with Crippen molar-refractivity contribution in [2.24, 2.45) is 0 Å². The van der Waals surface area contributed by atoms with Gasteiger partial charge in [-0.15, -0.1) is 0 Å². The summed E-state index contributed by atoms with van der Waals surface area (Å²) in [6.45, 7) is 8.49. The first-order valence-electron chi connectivity index (χ1n) is 11.4. The number of carbonyl (C=O) groups is 2. The minimum absolute atomic E-state index is 0.00479. The smallest absolute Gasteiger partial charge is 0.301 e. The quantitative estimate of drug-likeness (QED) is 0.283. The number of ketones is 1. The lowest BCUT2D eigenvalue weighted by molar-refractivity contribution is -0.132. The lowest BCUT2D eigenvalue weighted by atomic mass is 9.93. The van der Waals surface area contributed by atoms with Crippen LogP contribution in [0, 0.1) is 6.92 Å². The molecule has 1 saturated heterocycles. The van der Waals surface area contributed by atoms with Gasteiger partial charge in [-0.25, -0.2) is 0 Å². The van der Waals surface area contributed by atoms with E-state index < -0.39 is 17.7 Å². The average molecular weight is 461 g/mol. The number of hydrogen-bond donors (Lipinski definition) is 1. The molecule has 0 radical (unpaired) electrons. The minimum atomic E-state index is -0.846. The minimum Gasteiger partial charge on any atom is -0.507 e. The highest BCUT2D eigenvalue weighted by Gasteiger charge is 2.48. The van der Waals surface area contributed by atoms with Crippen LogP contribution < -0.4 is 9.64 Å². The second-order valence-corrected chi connectivity index (χ2v) is 8.66. The van der Waals surface area contributed by atoms with E-state index in [2.05, 4.69) is 19.0 Å². The van der Waals surface area contributed by atoms with Crippen molar-refractivity contribution in [3.05, 3.63) is 82.6 Å². The highest BCUT2D eigenvalue weighted by atomic mass is 16.5. The van der Waals surface area contributed by atoms with Crippen molar-refractivity contribution < 1.29 is 24.0 Å². The number of aliphatic hydroxyl groups excluding tert-OH is 1. The van der Waals surface area contributed by atoms with Crippen molar-refractivity contribution in [3.8, 4) is 5.75 Å². The third-order valence-corrected chi connectivity index (χ3v) is 5.83. The van der Waals surface area contributed by atoms with Gasteiger partial charge in [0.25, 0.3) is 5.78 Å². The number of Topliss-reactive ketones (excluding diaryl/α,β-unsaturated/α-hetero) is 1. The van der Waals surface area contributed by atoms with E-state index in [0.29, 0.717) is 35.2 Å². The Hall–Kier alpha value is -3.87. The molecule has 0 bridgehead atoms. The number of amides is 1. The van der Waals surface area contributed by atoms with Gasteiger partial charge in [0.2, 0.25) is 0 Å². The predicted molar refractivity (Wildman–Crippen MR) is 129 cm³/mol. The van der Waals surface area contributed by atoms with Crippen LogP contribution in [0.2, 0.25) is 0 Å². The highest BCUT2D eigenvalue weighted by Crippen LogP contribution is 2.42. The molecule has 0 saturated carbocycles. The summed E-state index contributed by atoms with van der Waals surface area (Å²) in [7, 11) is 0. The van der Waals surface area contributed by atoms with Crippen LogP contribution in [0.4, 0.5) is 5.82 Å². The fraction of sp³-hybridized carbons (Fsp3) is 0.296. The van der Waals surface area contributed by atoms with Crippen LogP contribution in [0.1, 0.15) is 61.6 Å². The van der Waals surface area contributed by atoms with Gasteiger partial charge in [0.05, 0.1) is 18.2 Å². The van der Waals surface area contributed by atoms with Crippen molar-refractivity contribution in [2.45, 2.75) is 46.1 Å². The summed E-state index contributed by atoms with van der Waals surface area (Å²) < 4.78 is 10.8. The summed E-state index contributed by atoms with van der Waals surface area (Å²) in [5.41, 5.74) is 2.24. The number of hydrogen-bond acceptors (Lipinski definition) is 6. The Morgan fingerprint density at radius 1 is 1.12 bits per heavy atom.